The normalized spacial score (nSPS) is 12.8. The molecule has 158 valence electrons. The van der Waals surface area contributed by atoms with Gasteiger partial charge in [0.2, 0.25) is 15.9 Å². The van der Waals surface area contributed by atoms with E-state index in [2.05, 4.69) is 35.7 Å². The summed E-state index contributed by atoms with van der Waals surface area (Å²) in [5, 5.41) is 2.83. The Morgan fingerprint density at radius 3 is 2.03 bits per heavy atom. The Morgan fingerprint density at radius 2 is 1.55 bits per heavy atom. The van der Waals surface area contributed by atoms with Gasteiger partial charge in [0, 0.05) is 24.0 Å². The van der Waals surface area contributed by atoms with Gasteiger partial charge in [0.25, 0.3) is 0 Å². The van der Waals surface area contributed by atoms with E-state index in [-0.39, 0.29) is 16.7 Å². The number of hydrogen-bond acceptors (Lipinski definition) is 4. The molecule has 0 spiro atoms. The van der Waals surface area contributed by atoms with Crippen LogP contribution >= 0.6 is 0 Å². The highest BCUT2D eigenvalue weighted by Crippen LogP contribution is 2.20. The number of hydrogen-bond donors (Lipinski definition) is 2. The molecule has 6 nitrogen and oxygen atoms in total. The average molecular weight is 418 g/mol. The lowest BCUT2D eigenvalue weighted by Gasteiger charge is -2.27. The van der Waals surface area contributed by atoms with Crippen molar-refractivity contribution >= 4 is 27.3 Å². The van der Waals surface area contributed by atoms with Crippen molar-refractivity contribution in [1.29, 1.82) is 0 Å². The average Bonchev–Trinajstić information content (AvgIpc) is 2.68. The maximum Gasteiger partial charge on any atom is 0.242 e. The van der Waals surface area contributed by atoms with Gasteiger partial charge in [-0.25, -0.2) is 8.42 Å². The van der Waals surface area contributed by atoms with Gasteiger partial charge in [-0.1, -0.05) is 32.0 Å². The van der Waals surface area contributed by atoms with Crippen molar-refractivity contribution in [2.45, 2.75) is 51.6 Å². The topological polar surface area (TPSA) is 78.5 Å². The van der Waals surface area contributed by atoms with Gasteiger partial charge in [-0.3, -0.25) is 4.79 Å². The number of carbonyl (C=O) groups excluding carboxylic acids is 1. The first-order valence-corrected chi connectivity index (χ1v) is 11.4. The van der Waals surface area contributed by atoms with E-state index >= 15 is 0 Å². The molecule has 29 heavy (non-hydrogen) atoms. The molecule has 2 aromatic rings. The fourth-order valence-electron chi connectivity index (χ4n) is 3.13. The fourth-order valence-corrected chi connectivity index (χ4v) is 4.49. The van der Waals surface area contributed by atoms with Gasteiger partial charge >= 0.3 is 0 Å². The molecule has 1 atom stereocenters. The maximum absolute atomic E-state index is 12.8. The molecule has 0 aromatic heterocycles. The summed E-state index contributed by atoms with van der Waals surface area (Å²) in [4.78, 5) is 15.2. The van der Waals surface area contributed by atoms with Gasteiger partial charge in [-0.15, -0.1) is 0 Å². The van der Waals surface area contributed by atoms with Crippen LogP contribution in [0.3, 0.4) is 0 Å². The number of rotatable bonds is 9. The minimum Gasteiger partial charge on any atom is -0.369 e. The van der Waals surface area contributed by atoms with Crippen LogP contribution in [0, 0.1) is 5.92 Å². The molecule has 0 heterocycles. The Balaban J connectivity index is 2.14. The van der Waals surface area contributed by atoms with Crippen molar-refractivity contribution in [3.8, 4) is 0 Å². The van der Waals surface area contributed by atoms with Gasteiger partial charge in [0.15, 0.2) is 0 Å². The lowest BCUT2D eigenvalue weighted by molar-refractivity contribution is -0.118. The van der Waals surface area contributed by atoms with E-state index < -0.39 is 16.1 Å². The summed E-state index contributed by atoms with van der Waals surface area (Å²) in [6.45, 7) is 10.9. The summed E-state index contributed by atoms with van der Waals surface area (Å²) in [5.74, 6) is -0.604. The van der Waals surface area contributed by atoms with E-state index in [0.29, 0.717) is 11.7 Å². The predicted octanol–water partition coefficient (Wildman–Crippen LogP) is 3.86. The van der Waals surface area contributed by atoms with Gasteiger partial charge in [-0.05, 0) is 63.1 Å². The molecule has 2 N–H and O–H groups in total. The van der Waals surface area contributed by atoms with Crippen LogP contribution < -0.4 is 14.9 Å². The van der Waals surface area contributed by atoms with Crippen molar-refractivity contribution in [2.24, 2.45) is 5.92 Å². The largest absolute Gasteiger partial charge is 0.369 e. The van der Waals surface area contributed by atoms with Crippen molar-refractivity contribution in [3.63, 3.8) is 0 Å². The molecule has 0 radical (unpaired) electrons. The molecule has 0 aliphatic carbocycles. The Morgan fingerprint density at radius 1 is 0.966 bits per heavy atom. The standard InChI is InChI=1S/C22H31N3O3S/c1-6-25(17(4)5)19-14-12-18(13-15-19)23-22(26)21(16(2)3)24-29(27,28)20-10-8-7-9-11-20/h7-17,21,24H,6H2,1-5H3,(H,23,26)/t21-/m0/s1. The molecule has 0 saturated carbocycles. The van der Waals surface area contributed by atoms with Crippen molar-refractivity contribution < 1.29 is 13.2 Å². The second-order valence-corrected chi connectivity index (χ2v) is 9.29. The Hall–Kier alpha value is -2.38. The number of nitrogens with one attached hydrogen (secondary N) is 2. The summed E-state index contributed by atoms with van der Waals surface area (Å²) in [6.07, 6.45) is 0. The van der Waals surface area contributed by atoms with E-state index in [0.717, 1.165) is 12.2 Å². The molecular weight excluding hydrogens is 386 g/mol. The molecule has 7 heteroatoms. The van der Waals surface area contributed by atoms with E-state index in [9.17, 15) is 13.2 Å². The first kappa shape index (κ1) is 22.9. The highest BCUT2D eigenvalue weighted by atomic mass is 32.2. The fraction of sp³-hybridized carbons (Fsp3) is 0.409. The highest BCUT2D eigenvalue weighted by molar-refractivity contribution is 7.89. The number of benzene rings is 2. The zero-order valence-corrected chi connectivity index (χ0v) is 18.5. The lowest BCUT2D eigenvalue weighted by atomic mass is 10.0. The molecular formula is C22H31N3O3S. The third-order valence-corrected chi connectivity index (χ3v) is 6.17. The zero-order valence-electron chi connectivity index (χ0n) is 17.7. The van der Waals surface area contributed by atoms with Gasteiger partial charge in [-0.2, -0.15) is 4.72 Å². The van der Waals surface area contributed by atoms with Crippen LogP contribution in [0.5, 0.6) is 0 Å². The monoisotopic (exact) mass is 417 g/mol. The second kappa shape index (κ2) is 9.89. The summed E-state index contributed by atoms with van der Waals surface area (Å²) >= 11 is 0. The van der Waals surface area contributed by atoms with Gasteiger partial charge < -0.3 is 10.2 Å². The molecule has 0 bridgehead atoms. The van der Waals surface area contributed by atoms with Crippen LogP contribution in [0.25, 0.3) is 0 Å². The predicted molar refractivity (Wildman–Crippen MR) is 119 cm³/mol. The number of nitrogens with zero attached hydrogens (tertiary/aromatic N) is 1. The molecule has 0 saturated heterocycles. The summed E-state index contributed by atoms with van der Waals surface area (Å²) < 4.78 is 27.8. The van der Waals surface area contributed by atoms with E-state index in [4.69, 9.17) is 0 Å². The zero-order chi connectivity index (χ0) is 21.6. The maximum atomic E-state index is 12.8. The van der Waals surface area contributed by atoms with E-state index in [1.165, 1.54) is 12.1 Å². The highest BCUT2D eigenvalue weighted by Gasteiger charge is 2.28. The number of carbonyl (C=O) groups is 1. The summed E-state index contributed by atoms with van der Waals surface area (Å²) in [7, 11) is -3.79. The van der Waals surface area contributed by atoms with Crippen molar-refractivity contribution in [1.82, 2.24) is 4.72 Å². The van der Waals surface area contributed by atoms with Crippen molar-refractivity contribution in [2.75, 3.05) is 16.8 Å². The van der Waals surface area contributed by atoms with E-state index in [1.54, 1.807) is 18.2 Å². The molecule has 0 fully saturated rings. The van der Waals surface area contributed by atoms with Crippen LogP contribution in [0.1, 0.15) is 34.6 Å². The Labute approximate surface area is 174 Å². The van der Waals surface area contributed by atoms with Crippen LogP contribution in [0.15, 0.2) is 59.5 Å². The molecule has 1 amide bonds. The summed E-state index contributed by atoms with van der Waals surface area (Å²) in [5.41, 5.74) is 1.70. The lowest BCUT2D eigenvalue weighted by Crippen LogP contribution is -2.47. The SMILES string of the molecule is CCN(c1ccc(NC(=O)[C@@H](NS(=O)(=O)c2ccccc2)C(C)C)cc1)C(C)C. The van der Waals surface area contributed by atoms with E-state index in [1.807, 2.05) is 38.1 Å². The molecule has 2 aromatic carbocycles. The van der Waals surface area contributed by atoms with Gasteiger partial charge in [0.1, 0.15) is 6.04 Å². The quantitative estimate of drug-likeness (QED) is 0.649. The van der Waals surface area contributed by atoms with Crippen LogP contribution in [-0.2, 0) is 14.8 Å². The minimum absolute atomic E-state index is 0.135. The smallest absolute Gasteiger partial charge is 0.242 e. The minimum atomic E-state index is -3.79. The molecule has 0 aliphatic heterocycles. The van der Waals surface area contributed by atoms with Crippen LogP contribution in [0.2, 0.25) is 0 Å². The van der Waals surface area contributed by atoms with Crippen LogP contribution in [-0.4, -0.2) is 33.0 Å². The summed E-state index contributed by atoms with van der Waals surface area (Å²) in [6, 6.07) is 15.1. The van der Waals surface area contributed by atoms with Crippen LogP contribution in [0.4, 0.5) is 11.4 Å². The Bertz CT molecular complexity index is 895. The molecule has 0 aliphatic rings. The number of sulfonamides is 1. The molecule has 0 unspecified atom stereocenters. The number of amides is 1. The first-order valence-electron chi connectivity index (χ1n) is 9.90. The molecule has 2 rings (SSSR count). The van der Waals surface area contributed by atoms with Crippen molar-refractivity contribution in [3.05, 3.63) is 54.6 Å². The second-order valence-electron chi connectivity index (χ2n) is 7.57. The Kier molecular flexibility index (Phi) is 7.81. The number of anilines is 2. The third-order valence-electron chi connectivity index (χ3n) is 4.72. The van der Waals surface area contributed by atoms with Gasteiger partial charge in [0.05, 0.1) is 4.90 Å². The first-order chi connectivity index (χ1) is 13.7. The third kappa shape index (κ3) is 6.05.